The van der Waals surface area contributed by atoms with Crippen molar-refractivity contribution in [3.63, 3.8) is 0 Å². The fraction of sp³-hybridized carbons (Fsp3) is 0.385. The van der Waals surface area contributed by atoms with E-state index in [1.807, 2.05) is 6.92 Å². The largest absolute Gasteiger partial charge is 0.299 e. The van der Waals surface area contributed by atoms with Gasteiger partial charge in [-0.1, -0.05) is 6.07 Å². The average Bonchev–Trinajstić information content (AvgIpc) is 2.15. The molecule has 0 saturated heterocycles. The number of carbonyl (C=O) groups excluding carboxylic acids is 2. The van der Waals surface area contributed by atoms with Crippen LogP contribution >= 0.6 is 0 Å². The summed E-state index contributed by atoms with van der Waals surface area (Å²) in [4.78, 5) is 22.7. The van der Waals surface area contributed by atoms with Crippen LogP contribution in [0.3, 0.4) is 0 Å². The first-order valence-electron chi connectivity index (χ1n) is 5.35. The molecule has 1 aliphatic carbocycles. The summed E-state index contributed by atoms with van der Waals surface area (Å²) in [5, 5.41) is 0. The van der Waals surface area contributed by atoms with Gasteiger partial charge in [0.2, 0.25) is 0 Å². The van der Waals surface area contributed by atoms with Crippen molar-refractivity contribution >= 4 is 11.6 Å². The summed E-state index contributed by atoms with van der Waals surface area (Å²) in [7, 11) is 0. The predicted octanol–water partition coefficient (Wildman–Crippen LogP) is 2.54. The molecule has 0 radical (unpaired) electrons. The third-order valence-electron chi connectivity index (χ3n) is 3.01. The fourth-order valence-corrected chi connectivity index (χ4v) is 2.30. The standard InChI is InChI=1S/C13H13FO2/c1-8-4-10(14)2-3-13(8)9-5-11(15)7-12(16)6-9/h2-4,9H,5-7H2,1H3. The van der Waals surface area contributed by atoms with E-state index in [2.05, 4.69) is 0 Å². The highest BCUT2D eigenvalue weighted by Gasteiger charge is 2.27. The molecule has 0 aromatic heterocycles. The summed E-state index contributed by atoms with van der Waals surface area (Å²) < 4.78 is 12.9. The number of benzene rings is 1. The normalized spacial score (nSPS) is 17.9. The molecule has 0 atom stereocenters. The van der Waals surface area contributed by atoms with E-state index in [0.29, 0.717) is 12.8 Å². The third-order valence-corrected chi connectivity index (χ3v) is 3.01. The SMILES string of the molecule is Cc1cc(F)ccc1C1CC(=O)CC(=O)C1. The first-order chi connectivity index (χ1) is 7.56. The van der Waals surface area contributed by atoms with E-state index in [9.17, 15) is 14.0 Å². The van der Waals surface area contributed by atoms with Crippen LogP contribution in [0.5, 0.6) is 0 Å². The molecule has 0 bridgehead atoms. The lowest BCUT2D eigenvalue weighted by Crippen LogP contribution is -2.21. The van der Waals surface area contributed by atoms with Crippen molar-refractivity contribution in [2.24, 2.45) is 0 Å². The second kappa shape index (κ2) is 4.16. The van der Waals surface area contributed by atoms with E-state index in [1.54, 1.807) is 6.07 Å². The second-order valence-corrected chi connectivity index (χ2v) is 4.36. The molecule has 84 valence electrons. The van der Waals surface area contributed by atoms with Crippen molar-refractivity contribution in [1.29, 1.82) is 0 Å². The number of hydrogen-bond acceptors (Lipinski definition) is 2. The van der Waals surface area contributed by atoms with Gasteiger partial charge in [-0.25, -0.2) is 4.39 Å². The Morgan fingerprint density at radius 3 is 2.38 bits per heavy atom. The van der Waals surface area contributed by atoms with Gasteiger partial charge < -0.3 is 0 Å². The summed E-state index contributed by atoms with van der Waals surface area (Å²) in [6.45, 7) is 1.81. The summed E-state index contributed by atoms with van der Waals surface area (Å²) in [6.07, 6.45) is 0.868. The highest BCUT2D eigenvalue weighted by molar-refractivity contribution is 6.02. The Morgan fingerprint density at radius 2 is 1.81 bits per heavy atom. The first kappa shape index (κ1) is 11.0. The highest BCUT2D eigenvalue weighted by Crippen LogP contribution is 2.31. The molecule has 0 N–H and O–H groups in total. The summed E-state index contributed by atoms with van der Waals surface area (Å²) >= 11 is 0. The van der Waals surface area contributed by atoms with Crippen molar-refractivity contribution < 1.29 is 14.0 Å². The Morgan fingerprint density at radius 1 is 1.19 bits per heavy atom. The van der Waals surface area contributed by atoms with Crippen molar-refractivity contribution in [1.82, 2.24) is 0 Å². The van der Waals surface area contributed by atoms with Crippen molar-refractivity contribution in [2.75, 3.05) is 0 Å². The predicted molar refractivity (Wildman–Crippen MR) is 57.7 cm³/mol. The number of ketones is 2. The van der Waals surface area contributed by atoms with Crippen LogP contribution in [0.1, 0.15) is 36.3 Å². The van der Waals surface area contributed by atoms with Crippen LogP contribution in [-0.4, -0.2) is 11.6 Å². The number of halogens is 1. The van der Waals surface area contributed by atoms with Crippen LogP contribution in [0.25, 0.3) is 0 Å². The van der Waals surface area contributed by atoms with Gasteiger partial charge in [-0.05, 0) is 36.1 Å². The zero-order chi connectivity index (χ0) is 11.7. The summed E-state index contributed by atoms with van der Waals surface area (Å²) in [5.74, 6) is -0.362. The topological polar surface area (TPSA) is 34.1 Å². The number of hydrogen-bond donors (Lipinski definition) is 0. The Bertz CT molecular complexity index is 435. The van der Waals surface area contributed by atoms with Crippen LogP contribution < -0.4 is 0 Å². The summed E-state index contributed by atoms with van der Waals surface area (Å²) in [5.41, 5.74) is 1.73. The van der Waals surface area contributed by atoms with Gasteiger partial charge in [0, 0.05) is 12.8 Å². The van der Waals surface area contributed by atoms with E-state index >= 15 is 0 Å². The van der Waals surface area contributed by atoms with Crippen LogP contribution in [0.4, 0.5) is 4.39 Å². The molecular weight excluding hydrogens is 207 g/mol. The molecule has 0 unspecified atom stereocenters. The maximum atomic E-state index is 12.9. The zero-order valence-electron chi connectivity index (χ0n) is 9.13. The molecule has 1 aromatic rings. The van der Waals surface area contributed by atoms with Crippen molar-refractivity contribution in [3.8, 4) is 0 Å². The van der Waals surface area contributed by atoms with E-state index in [0.717, 1.165) is 11.1 Å². The van der Waals surface area contributed by atoms with E-state index in [-0.39, 0.29) is 29.7 Å². The van der Waals surface area contributed by atoms with Gasteiger partial charge in [0.15, 0.2) is 0 Å². The van der Waals surface area contributed by atoms with Gasteiger partial charge in [-0.2, -0.15) is 0 Å². The molecule has 1 fully saturated rings. The first-order valence-corrected chi connectivity index (χ1v) is 5.35. The molecule has 16 heavy (non-hydrogen) atoms. The monoisotopic (exact) mass is 220 g/mol. The zero-order valence-corrected chi connectivity index (χ0v) is 9.13. The molecule has 0 heterocycles. The molecule has 1 aliphatic rings. The Balaban J connectivity index is 2.29. The highest BCUT2D eigenvalue weighted by atomic mass is 19.1. The van der Waals surface area contributed by atoms with E-state index in [4.69, 9.17) is 0 Å². The average molecular weight is 220 g/mol. The number of rotatable bonds is 1. The molecular formula is C13H13FO2. The molecule has 3 heteroatoms. The van der Waals surface area contributed by atoms with E-state index in [1.165, 1.54) is 12.1 Å². The Labute approximate surface area is 93.5 Å². The number of carbonyl (C=O) groups is 2. The van der Waals surface area contributed by atoms with Crippen LogP contribution in [0, 0.1) is 12.7 Å². The molecule has 0 aliphatic heterocycles. The van der Waals surface area contributed by atoms with E-state index < -0.39 is 0 Å². The third kappa shape index (κ3) is 2.18. The molecule has 2 rings (SSSR count). The van der Waals surface area contributed by atoms with Crippen molar-refractivity contribution in [3.05, 3.63) is 35.1 Å². The Kier molecular flexibility index (Phi) is 2.86. The summed E-state index contributed by atoms with van der Waals surface area (Å²) in [6, 6.07) is 4.51. The molecule has 0 spiro atoms. The Hall–Kier alpha value is -1.51. The molecule has 1 saturated carbocycles. The quantitative estimate of drug-likeness (QED) is 0.681. The maximum Gasteiger partial charge on any atom is 0.140 e. The van der Waals surface area contributed by atoms with Gasteiger partial charge in [0.25, 0.3) is 0 Å². The second-order valence-electron chi connectivity index (χ2n) is 4.36. The maximum absolute atomic E-state index is 12.9. The van der Waals surface area contributed by atoms with Crippen LogP contribution in [0.2, 0.25) is 0 Å². The fourth-order valence-electron chi connectivity index (χ4n) is 2.30. The number of aryl methyl sites for hydroxylation is 1. The van der Waals surface area contributed by atoms with Gasteiger partial charge in [0.1, 0.15) is 17.4 Å². The van der Waals surface area contributed by atoms with Gasteiger partial charge in [-0.15, -0.1) is 0 Å². The van der Waals surface area contributed by atoms with Crippen LogP contribution in [-0.2, 0) is 9.59 Å². The lowest BCUT2D eigenvalue weighted by molar-refractivity contribution is -0.130. The minimum atomic E-state index is -0.283. The van der Waals surface area contributed by atoms with Gasteiger partial charge >= 0.3 is 0 Å². The lowest BCUT2D eigenvalue weighted by Gasteiger charge is -2.21. The smallest absolute Gasteiger partial charge is 0.140 e. The molecule has 2 nitrogen and oxygen atoms in total. The minimum absolute atomic E-state index is 0.00928. The van der Waals surface area contributed by atoms with Crippen LogP contribution in [0.15, 0.2) is 18.2 Å². The molecule has 1 aromatic carbocycles. The lowest BCUT2D eigenvalue weighted by atomic mass is 9.81. The van der Waals surface area contributed by atoms with Gasteiger partial charge in [0.05, 0.1) is 6.42 Å². The minimum Gasteiger partial charge on any atom is -0.299 e. The van der Waals surface area contributed by atoms with Crippen molar-refractivity contribution in [2.45, 2.75) is 32.1 Å². The number of Topliss-reactive ketones (excluding diaryl/α,β-unsaturated/α-hetero) is 2. The van der Waals surface area contributed by atoms with Gasteiger partial charge in [-0.3, -0.25) is 9.59 Å². The molecule has 0 amide bonds.